The zero-order valence-corrected chi connectivity index (χ0v) is 26.9. The third-order valence-electron chi connectivity index (χ3n) is 9.04. The number of para-hydroxylation sites is 4. The lowest BCUT2D eigenvalue weighted by Gasteiger charge is -2.32. The summed E-state index contributed by atoms with van der Waals surface area (Å²) < 4.78 is 60.7. The molecule has 8 heteroatoms. The fourth-order valence-corrected chi connectivity index (χ4v) is 11.0. The zero-order chi connectivity index (χ0) is 32.6. The van der Waals surface area contributed by atoms with Gasteiger partial charge in [-0.05, 0) is 93.7 Å². The van der Waals surface area contributed by atoms with Gasteiger partial charge in [0, 0.05) is 5.69 Å². The molecule has 0 spiro atoms. The Morgan fingerprint density at radius 2 is 0.938 bits per heavy atom. The SMILES string of the molecule is O=S1(=O)c2ccccc2S(=O)(=O)c2cc(-c3cccc4cccc(-c5ccc(N6c7ccccc7Oc7ccccc76)cc5)c34)ccc21. The first-order valence-electron chi connectivity index (χ1n) is 15.3. The van der Waals surface area contributed by atoms with E-state index in [4.69, 9.17) is 4.74 Å². The minimum absolute atomic E-state index is 0.190. The minimum atomic E-state index is -4.07. The van der Waals surface area contributed by atoms with E-state index in [1.165, 1.54) is 30.3 Å². The van der Waals surface area contributed by atoms with Crippen LogP contribution in [0.4, 0.5) is 17.1 Å². The van der Waals surface area contributed by atoms with E-state index in [2.05, 4.69) is 35.2 Å². The van der Waals surface area contributed by atoms with Crippen molar-refractivity contribution < 1.29 is 21.6 Å². The second-order valence-corrected chi connectivity index (χ2v) is 15.5. The summed E-state index contributed by atoms with van der Waals surface area (Å²) in [6.07, 6.45) is 0. The van der Waals surface area contributed by atoms with Gasteiger partial charge in [0.25, 0.3) is 0 Å². The predicted octanol–water partition coefficient (Wildman–Crippen LogP) is 9.73. The summed E-state index contributed by atoms with van der Waals surface area (Å²) in [6, 6.07) is 46.6. The van der Waals surface area contributed by atoms with Crippen molar-refractivity contribution in [2.45, 2.75) is 19.6 Å². The van der Waals surface area contributed by atoms with Crippen LogP contribution in [0.1, 0.15) is 0 Å². The van der Waals surface area contributed by atoms with Crippen LogP contribution < -0.4 is 9.64 Å². The highest BCUT2D eigenvalue weighted by Gasteiger charge is 2.39. The van der Waals surface area contributed by atoms with Crippen molar-refractivity contribution in [2.24, 2.45) is 0 Å². The summed E-state index contributed by atoms with van der Waals surface area (Å²) in [7, 11) is -8.08. The van der Waals surface area contributed by atoms with E-state index in [0.717, 1.165) is 56.0 Å². The lowest BCUT2D eigenvalue weighted by atomic mass is 9.91. The number of anilines is 3. The van der Waals surface area contributed by atoms with Gasteiger partial charge in [-0.25, -0.2) is 16.8 Å². The molecule has 7 aromatic carbocycles. The van der Waals surface area contributed by atoms with Crippen molar-refractivity contribution in [1.82, 2.24) is 0 Å². The Morgan fingerprint density at radius 1 is 0.438 bits per heavy atom. The highest BCUT2D eigenvalue weighted by molar-refractivity contribution is 7.97. The van der Waals surface area contributed by atoms with Crippen LogP contribution in [0.25, 0.3) is 33.0 Å². The van der Waals surface area contributed by atoms with E-state index in [1.54, 1.807) is 12.1 Å². The Hall–Kier alpha value is -5.70. The summed E-state index contributed by atoms with van der Waals surface area (Å²) in [5, 5.41) is 1.91. The highest BCUT2D eigenvalue weighted by Crippen LogP contribution is 2.50. The van der Waals surface area contributed by atoms with Crippen molar-refractivity contribution in [1.29, 1.82) is 0 Å². The molecule has 7 aromatic rings. The number of nitrogens with zero attached hydrogens (tertiary/aromatic N) is 1. The van der Waals surface area contributed by atoms with Gasteiger partial charge in [0.15, 0.2) is 11.5 Å². The summed E-state index contributed by atoms with van der Waals surface area (Å²) in [6.45, 7) is 0. The number of hydrogen-bond donors (Lipinski definition) is 0. The van der Waals surface area contributed by atoms with E-state index in [0.29, 0.717) is 5.56 Å². The lowest BCUT2D eigenvalue weighted by Crippen LogP contribution is -2.19. The molecule has 9 rings (SSSR count). The van der Waals surface area contributed by atoms with E-state index in [-0.39, 0.29) is 19.6 Å². The molecule has 0 fully saturated rings. The van der Waals surface area contributed by atoms with Crippen LogP contribution in [0.2, 0.25) is 0 Å². The Kier molecular flexibility index (Phi) is 6.18. The number of hydrogen-bond acceptors (Lipinski definition) is 6. The molecule has 0 atom stereocenters. The Balaban J connectivity index is 1.18. The molecule has 6 nitrogen and oxygen atoms in total. The Morgan fingerprint density at radius 3 is 1.56 bits per heavy atom. The third kappa shape index (κ3) is 4.16. The summed E-state index contributed by atoms with van der Waals surface area (Å²) in [5.41, 5.74) is 6.24. The second kappa shape index (κ2) is 10.4. The van der Waals surface area contributed by atoms with Crippen molar-refractivity contribution in [3.05, 3.63) is 152 Å². The van der Waals surface area contributed by atoms with E-state index in [1.807, 2.05) is 78.9 Å². The molecule has 0 radical (unpaired) electrons. The maximum atomic E-state index is 13.8. The van der Waals surface area contributed by atoms with Crippen molar-refractivity contribution >= 4 is 47.5 Å². The fraction of sp³-hybridized carbons (Fsp3) is 0. The molecule has 0 amide bonds. The fourth-order valence-electron chi connectivity index (χ4n) is 6.83. The molecule has 232 valence electrons. The molecule has 0 saturated heterocycles. The Labute approximate surface area is 278 Å². The van der Waals surface area contributed by atoms with Gasteiger partial charge in [0.1, 0.15) is 0 Å². The number of sulfone groups is 2. The average molecular weight is 664 g/mol. The van der Waals surface area contributed by atoms with Gasteiger partial charge in [-0.15, -0.1) is 0 Å². The van der Waals surface area contributed by atoms with Gasteiger partial charge in [-0.1, -0.05) is 91.0 Å². The molecule has 0 bridgehead atoms. The molecule has 2 heterocycles. The maximum Gasteiger partial charge on any atom is 0.209 e. The molecule has 0 N–H and O–H groups in total. The van der Waals surface area contributed by atoms with Gasteiger partial charge in [0.05, 0.1) is 31.0 Å². The van der Waals surface area contributed by atoms with Crippen molar-refractivity contribution in [3.63, 3.8) is 0 Å². The van der Waals surface area contributed by atoms with E-state index in [9.17, 15) is 16.8 Å². The molecule has 2 aliphatic heterocycles. The minimum Gasteiger partial charge on any atom is -0.453 e. The van der Waals surface area contributed by atoms with E-state index >= 15 is 0 Å². The van der Waals surface area contributed by atoms with Crippen LogP contribution >= 0.6 is 0 Å². The largest absolute Gasteiger partial charge is 0.453 e. The van der Waals surface area contributed by atoms with Gasteiger partial charge >= 0.3 is 0 Å². The number of fused-ring (bicyclic) bond motifs is 5. The number of ether oxygens (including phenoxy) is 1. The predicted molar refractivity (Wildman–Crippen MR) is 187 cm³/mol. The van der Waals surface area contributed by atoms with Gasteiger partial charge in [0.2, 0.25) is 19.7 Å². The van der Waals surface area contributed by atoms with Crippen LogP contribution in [-0.4, -0.2) is 16.8 Å². The monoisotopic (exact) mass is 663 g/mol. The highest BCUT2D eigenvalue weighted by atomic mass is 32.2. The van der Waals surface area contributed by atoms with Crippen LogP contribution in [0.3, 0.4) is 0 Å². The van der Waals surface area contributed by atoms with Crippen LogP contribution in [0.5, 0.6) is 11.5 Å². The normalized spacial score (nSPS) is 15.0. The van der Waals surface area contributed by atoms with Crippen LogP contribution in [-0.2, 0) is 19.7 Å². The summed E-state index contributed by atoms with van der Waals surface area (Å²) in [4.78, 5) is 1.40. The van der Waals surface area contributed by atoms with Crippen molar-refractivity contribution in [2.75, 3.05) is 4.90 Å². The van der Waals surface area contributed by atoms with Crippen molar-refractivity contribution in [3.8, 4) is 33.8 Å². The first-order valence-corrected chi connectivity index (χ1v) is 18.3. The first-order chi connectivity index (χ1) is 23.3. The molecule has 0 saturated carbocycles. The summed E-state index contributed by atoms with van der Waals surface area (Å²) >= 11 is 0. The molecular weight excluding hydrogens is 639 g/mol. The third-order valence-corrected chi connectivity index (χ3v) is 13.0. The standard InChI is InChI=1S/C40H25NO5S2/c42-47(43)36-17-5-6-18-37(36)48(44,45)39-25-28(21-24-38(39)47)31-12-8-10-27-9-7-11-30(40(27)31)26-19-22-29(23-20-26)41-32-13-1-3-15-34(32)46-35-16-4-2-14-33(35)41/h1-25H. The van der Waals surface area contributed by atoms with Gasteiger partial charge in [-0.2, -0.15) is 0 Å². The van der Waals surface area contributed by atoms with Gasteiger partial charge < -0.3 is 9.64 Å². The molecular formula is C40H25NO5S2. The number of rotatable bonds is 3. The molecule has 0 aromatic heterocycles. The topological polar surface area (TPSA) is 80.8 Å². The molecule has 48 heavy (non-hydrogen) atoms. The van der Waals surface area contributed by atoms with E-state index < -0.39 is 19.7 Å². The Bertz CT molecular complexity index is 2630. The smallest absolute Gasteiger partial charge is 0.209 e. The van der Waals surface area contributed by atoms with Crippen LogP contribution in [0, 0.1) is 0 Å². The average Bonchev–Trinajstić information content (AvgIpc) is 3.13. The quantitative estimate of drug-likeness (QED) is 0.187. The lowest BCUT2D eigenvalue weighted by molar-refractivity contribution is 0.477. The molecule has 0 unspecified atom stereocenters. The summed E-state index contributed by atoms with van der Waals surface area (Å²) in [5.74, 6) is 1.56. The second-order valence-electron chi connectivity index (χ2n) is 11.7. The molecule has 0 aliphatic carbocycles. The van der Waals surface area contributed by atoms with Crippen LogP contribution in [0.15, 0.2) is 171 Å². The first kappa shape index (κ1) is 28.5. The maximum absolute atomic E-state index is 13.8. The zero-order valence-electron chi connectivity index (χ0n) is 25.2. The molecule has 2 aliphatic rings. The van der Waals surface area contributed by atoms with Gasteiger partial charge in [-0.3, -0.25) is 0 Å². The number of benzene rings is 7.